The van der Waals surface area contributed by atoms with Crippen LogP contribution in [0.5, 0.6) is 0 Å². The third-order valence-corrected chi connectivity index (χ3v) is 13.0. The number of aromatic nitrogens is 8. The van der Waals surface area contributed by atoms with Crippen LogP contribution in [0.25, 0.3) is 75.9 Å². The van der Waals surface area contributed by atoms with Gasteiger partial charge in [-0.3, -0.25) is 0 Å². The van der Waals surface area contributed by atoms with Crippen molar-refractivity contribution in [3.63, 3.8) is 0 Å². The first-order valence-electron chi connectivity index (χ1n) is 22.2. The van der Waals surface area contributed by atoms with E-state index in [1.54, 1.807) is 25.3 Å². The summed E-state index contributed by atoms with van der Waals surface area (Å²) >= 11 is 0. The zero-order chi connectivity index (χ0) is 44.9. The number of fused-ring (bicyclic) bond motifs is 4. The van der Waals surface area contributed by atoms with Gasteiger partial charge in [0.25, 0.3) is 0 Å². The van der Waals surface area contributed by atoms with Gasteiger partial charge in [-0.15, -0.1) is 0 Å². The number of hydrogen-bond acceptors (Lipinski definition) is 10. The fourth-order valence-corrected chi connectivity index (χ4v) is 9.83. The van der Waals surface area contributed by atoms with Gasteiger partial charge in [0.1, 0.15) is 25.3 Å². The molecule has 0 aliphatic rings. The SMILES string of the molecule is CC(C)(C)c1cc(N(c2ccc3cncnc3c2)c2ccc3cncnc3c2)c2ccc3c(C(C)(C)C)cc(N(c4ccc5cncnc5c4)c4ccc5cncnc5c4)c4ccc1c2c43. The lowest BCUT2D eigenvalue weighted by molar-refractivity contribution is 0.595. The van der Waals surface area contributed by atoms with Crippen molar-refractivity contribution in [2.75, 3.05) is 9.80 Å². The second-order valence-electron chi connectivity index (χ2n) is 19.2. The average Bonchev–Trinajstić information content (AvgIpc) is 3.33. The Morgan fingerprint density at radius 3 is 0.909 bits per heavy atom. The molecule has 0 N–H and O–H groups in total. The molecule has 0 atom stereocenters. The summed E-state index contributed by atoms with van der Waals surface area (Å²) in [6.07, 6.45) is 13.9. The van der Waals surface area contributed by atoms with Gasteiger partial charge in [0.2, 0.25) is 0 Å². The molecule has 0 bridgehead atoms. The number of hydrogen-bond donors (Lipinski definition) is 0. The molecule has 0 aliphatic heterocycles. The van der Waals surface area contributed by atoms with Crippen LogP contribution in [0.3, 0.4) is 0 Å². The van der Waals surface area contributed by atoms with Gasteiger partial charge in [-0.1, -0.05) is 65.8 Å². The molecule has 4 aromatic heterocycles. The lowest BCUT2D eigenvalue weighted by Crippen LogP contribution is -2.17. The summed E-state index contributed by atoms with van der Waals surface area (Å²) in [5.41, 5.74) is 11.5. The van der Waals surface area contributed by atoms with Crippen molar-refractivity contribution >= 4 is 110 Å². The van der Waals surface area contributed by atoms with E-state index >= 15 is 0 Å². The number of benzene rings is 8. The highest BCUT2D eigenvalue weighted by Gasteiger charge is 2.30. The molecule has 66 heavy (non-hydrogen) atoms. The first kappa shape index (κ1) is 39.4. The van der Waals surface area contributed by atoms with Crippen molar-refractivity contribution in [3.05, 3.63) is 170 Å². The average molecular weight is 857 g/mol. The zero-order valence-corrected chi connectivity index (χ0v) is 37.5. The van der Waals surface area contributed by atoms with E-state index in [1.165, 1.54) is 32.7 Å². The minimum absolute atomic E-state index is 0.225. The molecule has 0 aliphatic carbocycles. The third kappa shape index (κ3) is 6.39. The Balaban J connectivity index is 1.21. The van der Waals surface area contributed by atoms with E-state index in [-0.39, 0.29) is 10.8 Å². The quantitative estimate of drug-likeness (QED) is 0.150. The smallest absolute Gasteiger partial charge is 0.116 e. The van der Waals surface area contributed by atoms with Crippen LogP contribution >= 0.6 is 0 Å². The highest BCUT2D eigenvalue weighted by molar-refractivity contribution is 6.29. The fourth-order valence-electron chi connectivity index (χ4n) is 9.83. The van der Waals surface area contributed by atoms with Crippen LogP contribution in [-0.2, 0) is 10.8 Å². The lowest BCUT2D eigenvalue weighted by Gasteiger charge is -2.34. The van der Waals surface area contributed by atoms with Crippen molar-refractivity contribution in [1.82, 2.24) is 39.9 Å². The maximum atomic E-state index is 4.71. The third-order valence-electron chi connectivity index (χ3n) is 13.0. The molecule has 0 amide bonds. The van der Waals surface area contributed by atoms with Gasteiger partial charge in [0, 0.05) is 79.9 Å². The van der Waals surface area contributed by atoms with E-state index in [0.717, 1.165) is 88.5 Å². The largest absolute Gasteiger partial charge is 0.310 e. The highest BCUT2D eigenvalue weighted by Crippen LogP contribution is 2.52. The van der Waals surface area contributed by atoms with Gasteiger partial charge in [0.15, 0.2) is 0 Å². The van der Waals surface area contributed by atoms with Gasteiger partial charge in [-0.2, -0.15) is 0 Å². The topological polar surface area (TPSA) is 110 Å². The van der Waals surface area contributed by atoms with Gasteiger partial charge in [-0.05, 0) is 128 Å². The van der Waals surface area contributed by atoms with Crippen LogP contribution in [0.15, 0.2) is 159 Å². The Labute approximate surface area is 381 Å². The van der Waals surface area contributed by atoms with Crippen molar-refractivity contribution in [3.8, 4) is 0 Å². The summed E-state index contributed by atoms with van der Waals surface area (Å²) in [6.45, 7) is 13.9. The Kier molecular flexibility index (Phi) is 8.74. The molecule has 0 fully saturated rings. The van der Waals surface area contributed by atoms with Gasteiger partial charge in [0.05, 0.1) is 33.4 Å². The first-order valence-corrected chi connectivity index (χ1v) is 22.2. The Morgan fingerprint density at radius 2 is 0.621 bits per heavy atom. The fraction of sp³-hybridized carbons (Fsp3) is 0.143. The monoisotopic (exact) mass is 856 g/mol. The van der Waals surface area contributed by atoms with Crippen molar-refractivity contribution in [2.45, 2.75) is 52.4 Å². The minimum Gasteiger partial charge on any atom is -0.310 e. The predicted molar refractivity (Wildman–Crippen MR) is 269 cm³/mol. The van der Waals surface area contributed by atoms with Crippen molar-refractivity contribution < 1.29 is 0 Å². The molecule has 0 radical (unpaired) electrons. The highest BCUT2D eigenvalue weighted by atomic mass is 15.2. The van der Waals surface area contributed by atoms with Gasteiger partial charge in [-0.25, -0.2) is 39.9 Å². The molecule has 0 saturated heterocycles. The Bertz CT molecular complexity index is 3480. The van der Waals surface area contributed by atoms with Crippen molar-refractivity contribution in [1.29, 1.82) is 0 Å². The Morgan fingerprint density at radius 1 is 0.333 bits per heavy atom. The normalized spacial score (nSPS) is 12.4. The minimum atomic E-state index is -0.225. The summed E-state index contributed by atoms with van der Waals surface area (Å²) in [5, 5.41) is 11.1. The number of anilines is 6. The summed E-state index contributed by atoms with van der Waals surface area (Å²) < 4.78 is 0. The molecule has 10 heteroatoms. The second-order valence-corrected chi connectivity index (χ2v) is 19.2. The molecule has 10 nitrogen and oxygen atoms in total. The van der Waals surface area contributed by atoms with E-state index in [2.05, 4.69) is 180 Å². The maximum Gasteiger partial charge on any atom is 0.116 e. The number of nitrogens with zero attached hydrogens (tertiary/aromatic N) is 10. The van der Waals surface area contributed by atoms with Crippen molar-refractivity contribution in [2.24, 2.45) is 0 Å². The molecule has 0 unspecified atom stereocenters. The van der Waals surface area contributed by atoms with Crippen LogP contribution in [0.2, 0.25) is 0 Å². The molecule has 4 heterocycles. The molecular weight excluding hydrogens is 813 g/mol. The lowest BCUT2D eigenvalue weighted by atomic mass is 9.77. The Hall–Kier alpha value is -8.24. The predicted octanol–water partition coefficient (Wildman–Crippen LogP) is 13.9. The van der Waals surface area contributed by atoms with Crippen LogP contribution in [0.4, 0.5) is 34.1 Å². The molecular formula is C56H44N10. The van der Waals surface area contributed by atoms with E-state index in [9.17, 15) is 0 Å². The van der Waals surface area contributed by atoms with Crippen LogP contribution in [-0.4, -0.2) is 39.9 Å². The summed E-state index contributed by atoms with van der Waals surface area (Å²) in [7, 11) is 0. The maximum absolute atomic E-state index is 4.71. The summed E-state index contributed by atoms with van der Waals surface area (Å²) in [6, 6.07) is 39.9. The molecule has 12 aromatic rings. The summed E-state index contributed by atoms with van der Waals surface area (Å²) in [5.74, 6) is 0. The van der Waals surface area contributed by atoms with Gasteiger partial charge >= 0.3 is 0 Å². The molecule has 8 aromatic carbocycles. The van der Waals surface area contributed by atoms with E-state index < -0.39 is 0 Å². The van der Waals surface area contributed by atoms with Crippen LogP contribution in [0.1, 0.15) is 52.7 Å². The number of rotatable bonds is 6. The molecule has 0 saturated carbocycles. The van der Waals surface area contributed by atoms with Gasteiger partial charge < -0.3 is 9.80 Å². The molecule has 0 spiro atoms. The first-order chi connectivity index (χ1) is 32.0. The van der Waals surface area contributed by atoms with E-state index in [1.807, 2.05) is 24.8 Å². The van der Waals surface area contributed by atoms with E-state index in [4.69, 9.17) is 19.9 Å². The second kappa shape index (κ2) is 14.6. The molecule has 12 rings (SSSR count). The standard InChI is InChI=1S/C56H44N10/c1-55(2,3)45-23-51(65(37-11-7-33-25-57-29-61-47(33)19-37)38-12-8-34-26-58-30-62-48(34)20-38)43-18-16-42-46(56(4,5)6)24-52(44-17-15-41(45)53(43)54(42)44)66(39-13-9-35-27-59-31-63-49(35)21-39)40-14-10-36-28-60-32-64-50(36)22-40/h7-32H,1-6H3. The van der Waals surface area contributed by atoms with E-state index in [0.29, 0.717) is 0 Å². The van der Waals surface area contributed by atoms with Crippen LogP contribution < -0.4 is 9.80 Å². The zero-order valence-electron chi connectivity index (χ0n) is 37.5. The summed E-state index contributed by atoms with van der Waals surface area (Å²) in [4.78, 5) is 40.9. The molecule has 318 valence electrons. The van der Waals surface area contributed by atoms with Crippen LogP contribution in [0, 0.1) is 0 Å².